The molecule has 0 saturated heterocycles. The summed E-state index contributed by atoms with van der Waals surface area (Å²) in [4.78, 5) is 14.2. The van der Waals surface area contributed by atoms with E-state index in [1.165, 1.54) is 0 Å². The summed E-state index contributed by atoms with van der Waals surface area (Å²) >= 11 is 0. The van der Waals surface area contributed by atoms with Gasteiger partial charge in [-0.2, -0.15) is 5.10 Å². The number of carbonyl (C=O) groups is 1. The van der Waals surface area contributed by atoms with Crippen molar-refractivity contribution >= 4 is 5.91 Å². The third kappa shape index (κ3) is 3.35. The van der Waals surface area contributed by atoms with Gasteiger partial charge in [-0.3, -0.25) is 14.8 Å². The molecule has 120 valence electrons. The first-order valence-electron chi connectivity index (χ1n) is 7.22. The number of hydrogen-bond acceptors (Lipinski definition) is 5. The largest absolute Gasteiger partial charge is 0.468 e. The lowest BCUT2D eigenvalue weighted by atomic mass is 10.2. The van der Waals surface area contributed by atoms with Crippen LogP contribution < -0.4 is 5.32 Å². The standard InChI is InChI=1S/C16H18N4O3/c1-20(2)13(15-6-4-8-23-15)10-17-16(21)12-9-11(18-19-12)14-5-3-7-22-14/h3-9,13H,10H2,1-2H3,(H,17,21)(H,18,19). The normalized spacial score (nSPS) is 12.5. The SMILES string of the molecule is CN(C)C(CNC(=O)c1cc(-c2ccco2)[nH]n1)c1ccco1. The summed E-state index contributed by atoms with van der Waals surface area (Å²) in [5, 5.41) is 9.69. The molecule has 3 aromatic heterocycles. The van der Waals surface area contributed by atoms with Crippen LogP contribution in [-0.4, -0.2) is 41.6 Å². The van der Waals surface area contributed by atoms with Gasteiger partial charge in [0.1, 0.15) is 11.5 Å². The Bertz CT molecular complexity index is 744. The van der Waals surface area contributed by atoms with E-state index in [9.17, 15) is 4.79 Å². The third-order valence-electron chi connectivity index (χ3n) is 3.55. The Labute approximate surface area is 133 Å². The van der Waals surface area contributed by atoms with Gasteiger partial charge in [-0.05, 0) is 38.4 Å². The van der Waals surface area contributed by atoms with E-state index >= 15 is 0 Å². The van der Waals surface area contributed by atoms with Crippen LogP contribution in [-0.2, 0) is 0 Å². The smallest absolute Gasteiger partial charge is 0.271 e. The van der Waals surface area contributed by atoms with E-state index in [2.05, 4.69) is 15.5 Å². The lowest BCUT2D eigenvalue weighted by Crippen LogP contribution is -2.34. The molecule has 3 heterocycles. The molecule has 1 unspecified atom stereocenters. The number of aromatic amines is 1. The molecule has 2 N–H and O–H groups in total. The number of nitrogens with zero attached hydrogens (tertiary/aromatic N) is 2. The maximum atomic E-state index is 12.3. The van der Waals surface area contributed by atoms with E-state index in [1.807, 2.05) is 31.1 Å². The highest BCUT2D eigenvalue weighted by Crippen LogP contribution is 2.19. The van der Waals surface area contributed by atoms with E-state index < -0.39 is 0 Å². The number of amides is 1. The predicted molar refractivity (Wildman–Crippen MR) is 83.8 cm³/mol. The molecule has 0 fully saturated rings. The molecule has 23 heavy (non-hydrogen) atoms. The zero-order valence-electron chi connectivity index (χ0n) is 12.9. The summed E-state index contributed by atoms with van der Waals surface area (Å²) in [6, 6.07) is 8.91. The molecule has 7 nitrogen and oxygen atoms in total. The molecule has 0 radical (unpaired) electrons. The van der Waals surface area contributed by atoms with Gasteiger partial charge >= 0.3 is 0 Å². The third-order valence-corrected chi connectivity index (χ3v) is 3.55. The van der Waals surface area contributed by atoms with E-state index in [-0.39, 0.29) is 11.9 Å². The average Bonchev–Trinajstić information content (AvgIpc) is 3.27. The number of carbonyl (C=O) groups excluding carboxylic acids is 1. The minimum absolute atomic E-state index is 0.0440. The molecule has 0 saturated carbocycles. The molecule has 0 spiro atoms. The fraction of sp³-hybridized carbons (Fsp3) is 0.250. The molecular formula is C16H18N4O3. The Hall–Kier alpha value is -2.80. The van der Waals surface area contributed by atoms with Gasteiger partial charge in [0.25, 0.3) is 5.91 Å². The molecule has 1 atom stereocenters. The van der Waals surface area contributed by atoms with Crippen LogP contribution in [0.5, 0.6) is 0 Å². The van der Waals surface area contributed by atoms with Crippen LogP contribution in [0.1, 0.15) is 22.3 Å². The van der Waals surface area contributed by atoms with Crippen molar-refractivity contribution in [2.24, 2.45) is 0 Å². The highest BCUT2D eigenvalue weighted by molar-refractivity contribution is 5.93. The monoisotopic (exact) mass is 314 g/mol. The highest BCUT2D eigenvalue weighted by Gasteiger charge is 2.19. The first-order chi connectivity index (χ1) is 11.1. The van der Waals surface area contributed by atoms with Crippen molar-refractivity contribution in [1.82, 2.24) is 20.4 Å². The molecule has 3 aromatic rings. The molecule has 0 aromatic carbocycles. The Kier molecular flexibility index (Phi) is 4.29. The molecule has 3 rings (SSSR count). The summed E-state index contributed by atoms with van der Waals surface area (Å²) in [5.41, 5.74) is 0.976. The number of hydrogen-bond donors (Lipinski definition) is 2. The van der Waals surface area contributed by atoms with Gasteiger partial charge < -0.3 is 14.2 Å². The zero-order valence-corrected chi connectivity index (χ0v) is 12.9. The van der Waals surface area contributed by atoms with Crippen LogP contribution in [0.3, 0.4) is 0 Å². The van der Waals surface area contributed by atoms with Crippen LogP contribution in [0.15, 0.2) is 51.7 Å². The average molecular weight is 314 g/mol. The Morgan fingerprint density at radius 3 is 2.74 bits per heavy atom. The molecular weight excluding hydrogens is 296 g/mol. The van der Waals surface area contributed by atoms with Gasteiger partial charge in [0, 0.05) is 12.6 Å². The summed E-state index contributed by atoms with van der Waals surface area (Å²) in [5.74, 6) is 1.18. The van der Waals surface area contributed by atoms with Gasteiger partial charge in [0.05, 0.1) is 18.6 Å². The van der Waals surface area contributed by atoms with Gasteiger partial charge in [-0.15, -0.1) is 0 Å². The minimum Gasteiger partial charge on any atom is -0.468 e. The second kappa shape index (κ2) is 6.53. The first-order valence-corrected chi connectivity index (χ1v) is 7.22. The Morgan fingerprint density at radius 2 is 2.09 bits per heavy atom. The van der Waals surface area contributed by atoms with Gasteiger partial charge in [-0.25, -0.2) is 0 Å². The molecule has 0 aliphatic heterocycles. The maximum absolute atomic E-state index is 12.3. The fourth-order valence-corrected chi connectivity index (χ4v) is 2.29. The minimum atomic E-state index is -0.252. The molecule has 0 bridgehead atoms. The second-order valence-electron chi connectivity index (χ2n) is 5.35. The Morgan fingerprint density at radius 1 is 1.30 bits per heavy atom. The lowest BCUT2D eigenvalue weighted by molar-refractivity contribution is 0.0934. The maximum Gasteiger partial charge on any atom is 0.271 e. The van der Waals surface area contributed by atoms with Crippen molar-refractivity contribution in [3.05, 3.63) is 54.3 Å². The van der Waals surface area contributed by atoms with Crippen molar-refractivity contribution in [3.8, 4) is 11.5 Å². The lowest BCUT2D eigenvalue weighted by Gasteiger charge is -2.22. The van der Waals surface area contributed by atoms with Crippen LogP contribution in [0.2, 0.25) is 0 Å². The first kappa shape index (κ1) is 15.1. The number of nitrogens with one attached hydrogen (secondary N) is 2. The summed E-state index contributed by atoms with van der Waals surface area (Å²) < 4.78 is 10.7. The second-order valence-corrected chi connectivity index (χ2v) is 5.35. The van der Waals surface area contributed by atoms with E-state index in [0.717, 1.165) is 5.76 Å². The number of aromatic nitrogens is 2. The van der Waals surface area contributed by atoms with Crippen molar-refractivity contribution in [1.29, 1.82) is 0 Å². The molecule has 0 aliphatic carbocycles. The number of H-pyrrole nitrogens is 1. The van der Waals surface area contributed by atoms with Crippen LogP contribution in [0.4, 0.5) is 0 Å². The zero-order chi connectivity index (χ0) is 16.2. The summed E-state index contributed by atoms with van der Waals surface area (Å²) in [6.45, 7) is 0.419. The fourth-order valence-electron chi connectivity index (χ4n) is 2.29. The van der Waals surface area contributed by atoms with Gasteiger partial charge in [0.15, 0.2) is 11.5 Å². The number of rotatable bonds is 6. The summed E-state index contributed by atoms with van der Waals surface area (Å²) in [6.07, 6.45) is 3.19. The van der Waals surface area contributed by atoms with Crippen LogP contribution in [0, 0.1) is 0 Å². The summed E-state index contributed by atoms with van der Waals surface area (Å²) in [7, 11) is 3.87. The highest BCUT2D eigenvalue weighted by atomic mass is 16.3. The van der Waals surface area contributed by atoms with Crippen LogP contribution in [0.25, 0.3) is 11.5 Å². The predicted octanol–water partition coefficient (Wildman–Crippen LogP) is 2.30. The molecule has 1 amide bonds. The number of likely N-dealkylation sites (N-methyl/N-ethyl adjacent to an activating group) is 1. The van der Waals surface area contributed by atoms with Gasteiger partial charge in [-0.1, -0.05) is 0 Å². The quantitative estimate of drug-likeness (QED) is 0.729. The number of furan rings is 2. The van der Waals surface area contributed by atoms with Crippen molar-refractivity contribution in [2.45, 2.75) is 6.04 Å². The van der Waals surface area contributed by atoms with E-state index in [1.54, 1.807) is 30.7 Å². The Balaban J connectivity index is 1.65. The molecule has 0 aliphatic rings. The molecule has 7 heteroatoms. The van der Waals surface area contributed by atoms with E-state index in [0.29, 0.717) is 23.7 Å². The van der Waals surface area contributed by atoms with Gasteiger partial charge in [0.2, 0.25) is 0 Å². The van der Waals surface area contributed by atoms with Crippen molar-refractivity contribution in [3.63, 3.8) is 0 Å². The van der Waals surface area contributed by atoms with Crippen molar-refractivity contribution < 1.29 is 13.6 Å². The topological polar surface area (TPSA) is 87.3 Å². The van der Waals surface area contributed by atoms with Crippen LogP contribution >= 0.6 is 0 Å². The van der Waals surface area contributed by atoms with Crippen molar-refractivity contribution in [2.75, 3.05) is 20.6 Å². The van der Waals surface area contributed by atoms with E-state index in [4.69, 9.17) is 8.83 Å².